The highest BCUT2D eigenvalue weighted by Crippen LogP contribution is 2.45. The summed E-state index contributed by atoms with van der Waals surface area (Å²) in [5.41, 5.74) is 1.80. The number of alkyl halides is 3. The molecule has 9 heteroatoms. The molecule has 2 aromatic carbocycles. The Labute approximate surface area is 186 Å². The third-order valence-electron chi connectivity index (χ3n) is 4.72. The van der Waals surface area contributed by atoms with Crippen molar-refractivity contribution in [1.29, 1.82) is 0 Å². The van der Waals surface area contributed by atoms with Crippen molar-refractivity contribution >= 4 is 35.6 Å². The molecule has 0 radical (unpaired) electrons. The van der Waals surface area contributed by atoms with Crippen molar-refractivity contribution in [2.75, 3.05) is 6.61 Å². The third-order valence-corrected chi connectivity index (χ3v) is 7.20. The molecule has 2 aliphatic rings. The van der Waals surface area contributed by atoms with Gasteiger partial charge in [-0.25, -0.2) is 0 Å². The summed E-state index contributed by atoms with van der Waals surface area (Å²) < 4.78 is 42.7. The topological polar surface area (TPSA) is 50.7 Å². The Morgan fingerprint density at radius 2 is 2.00 bits per heavy atom. The van der Waals surface area contributed by atoms with Gasteiger partial charge in [0.05, 0.1) is 6.61 Å². The smallest absolute Gasteiger partial charge is 0.471 e. The van der Waals surface area contributed by atoms with E-state index in [1.807, 2.05) is 41.9 Å². The molecule has 1 amide bonds. The number of fused-ring (bicyclic) bond motifs is 1. The molecule has 0 spiro atoms. The minimum atomic E-state index is -4.88. The number of hydrogen-bond donors (Lipinski definition) is 1. The van der Waals surface area contributed by atoms with Crippen LogP contribution in [-0.4, -0.2) is 30.3 Å². The average molecular weight is 465 g/mol. The minimum Gasteiger partial charge on any atom is -0.493 e. The zero-order chi connectivity index (χ0) is 21.8. The van der Waals surface area contributed by atoms with Crippen LogP contribution in [0.25, 0.3) is 0 Å². The van der Waals surface area contributed by atoms with Gasteiger partial charge in [0.2, 0.25) is 0 Å². The van der Waals surface area contributed by atoms with Crippen LogP contribution in [0.4, 0.5) is 13.2 Å². The lowest BCUT2D eigenvalue weighted by molar-refractivity contribution is -0.173. The third kappa shape index (κ3) is 5.46. The van der Waals surface area contributed by atoms with Gasteiger partial charge in [0, 0.05) is 39.4 Å². The molecule has 31 heavy (non-hydrogen) atoms. The number of rotatable bonds is 6. The van der Waals surface area contributed by atoms with E-state index in [1.54, 1.807) is 35.7 Å². The van der Waals surface area contributed by atoms with E-state index >= 15 is 0 Å². The number of amides is 1. The number of hydrogen-bond acceptors (Lipinski definition) is 5. The van der Waals surface area contributed by atoms with Gasteiger partial charge in [-0.2, -0.15) is 13.2 Å². The molecular formula is C22H19F3N2O2S2. The summed E-state index contributed by atoms with van der Waals surface area (Å²) in [6, 6.07) is 11.2. The normalized spacial score (nSPS) is 17.3. The number of allylic oxidation sites excluding steroid dienone is 1. The predicted octanol–water partition coefficient (Wildman–Crippen LogP) is 5.40. The molecule has 2 aliphatic heterocycles. The van der Waals surface area contributed by atoms with Crippen molar-refractivity contribution in [3.63, 3.8) is 0 Å². The maximum atomic E-state index is 12.3. The van der Waals surface area contributed by atoms with Crippen molar-refractivity contribution in [2.45, 2.75) is 45.6 Å². The summed E-state index contributed by atoms with van der Waals surface area (Å²) >= 11 is 3.32. The minimum absolute atomic E-state index is 0.121. The van der Waals surface area contributed by atoms with Gasteiger partial charge < -0.3 is 10.1 Å². The molecule has 1 atom stereocenters. The van der Waals surface area contributed by atoms with Crippen LogP contribution in [0, 0.1) is 0 Å². The van der Waals surface area contributed by atoms with Crippen molar-refractivity contribution in [1.82, 2.24) is 5.32 Å². The number of halogens is 3. The Balaban J connectivity index is 1.48. The number of thioether (sulfide) groups is 1. The summed E-state index contributed by atoms with van der Waals surface area (Å²) in [6.07, 6.45) is 2.73. The second kappa shape index (κ2) is 9.40. The van der Waals surface area contributed by atoms with E-state index in [1.165, 1.54) is 10.5 Å². The molecular weight excluding hydrogens is 445 g/mol. The van der Waals surface area contributed by atoms with E-state index in [-0.39, 0.29) is 11.9 Å². The molecule has 4 nitrogen and oxygen atoms in total. The zero-order valence-corrected chi connectivity index (χ0v) is 17.9. The monoisotopic (exact) mass is 464 g/mol. The number of carbonyl (C=O) groups excluding carboxylic acids is 1. The number of carbonyl (C=O) groups is 1. The van der Waals surface area contributed by atoms with Crippen LogP contribution >= 0.6 is 23.5 Å². The number of aliphatic imine (C=N–C) groups is 1. The molecule has 162 valence electrons. The molecule has 2 heterocycles. The summed E-state index contributed by atoms with van der Waals surface area (Å²) in [5.74, 6) is -1.02. The van der Waals surface area contributed by atoms with Crippen LogP contribution < -0.4 is 10.1 Å². The summed E-state index contributed by atoms with van der Waals surface area (Å²) in [6.45, 7) is 0.497. The molecule has 1 N–H and O–H groups in total. The Kier molecular flexibility index (Phi) is 6.62. The van der Waals surface area contributed by atoms with Gasteiger partial charge in [-0.05, 0) is 42.3 Å². The van der Waals surface area contributed by atoms with Crippen molar-refractivity contribution in [3.05, 3.63) is 59.7 Å². The lowest BCUT2D eigenvalue weighted by Crippen LogP contribution is -2.36. The summed E-state index contributed by atoms with van der Waals surface area (Å²) in [7, 11) is 0. The fourth-order valence-corrected chi connectivity index (χ4v) is 5.48. The van der Waals surface area contributed by atoms with Crippen molar-refractivity contribution in [3.8, 4) is 5.75 Å². The highest BCUT2D eigenvalue weighted by Gasteiger charge is 2.38. The Morgan fingerprint density at radius 1 is 1.19 bits per heavy atom. The number of dihydropyridines is 1. The molecule has 0 bridgehead atoms. The fraction of sp³-hybridized carbons (Fsp3) is 0.273. The highest BCUT2D eigenvalue weighted by molar-refractivity contribution is 8.02. The first-order valence-electron chi connectivity index (χ1n) is 9.65. The SMILES string of the molecule is O=C(NCc1ccc(Sc2ccc3c(c2SC2CC=CC=N2)CCO3)cc1)C(F)(F)F. The van der Waals surface area contributed by atoms with Gasteiger partial charge in [0.15, 0.2) is 0 Å². The lowest BCUT2D eigenvalue weighted by atomic mass is 10.2. The van der Waals surface area contributed by atoms with Gasteiger partial charge in [-0.15, -0.1) is 0 Å². The molecule has 2 aromatic rings. The maximum absolute atomic E-state index is 12.3. The van der Waals surface area contributed by atoms with E-state index in [4.69, 9.17) is 4.74 Å². The fourth-order valence-electron chi connectivity index (χ4n) is 3.19. The number of nitrogens with one attached hydrogen (secondary N) is 1. The maximum Gasteiger partial charge on any atom is 0.471 e. The van der Waals surface area contributed by atoms with Crippen LogP contribution in [0.5, 0.6) is 5.75 Å². The second-order valence-corrected chi connectivity index (χ2v) is 9.23. The number of benzene rings is 2. The highest BCUT2D eigenvalue weighted by atomic mass is 32.2. The van der Waals surface area contributed by atoms with Crippen molar-refractivity contribution in [2.24, 2.45) is 4.99 Å². The van der Waals surface area contributed by atoms with Crippen LogP contribution in [0.2, 0.25) is 0 Å². The first-order chi connectivity index (χ1) is 14.9. The van der Waals surface area contributed by atoms with E-state index in [2.05, 4.69) is 11.1 Å². The largest absolute Gasteiger partial charge is 0.493 e. The van der Waals surface area contributed by atoms with Gasteiger partial charge in [-0.3, -0.25) is 9.79 Å². The summed E-state index contributed by atoms with van der Waals surface area (Å²) in [5, 5.41) is 2.01. The van der Waals surface area contributed by atoms with Gasteiger partial charge in [0.1, 0.15) is 11.1 Å². The van der Waals surface area contributed by atoms with Crippen LogP contribution in [-0.2, 0) is 17.8 Å². The van der Waals surface area contributed by atoms with E-state index in [9.17, 15) is 18.0 Å². The average Bonchev–Trinajstić information content (AvgIpc) is 3.24. The first kappa shape index (κ1) is 21.8. The molecule has 0 aromatic heterocycles. The Hall–Kier alpha value is -2.39. The van der Waals surface area contributed by atoms with Gasteiger partial charge in [-0.1, -0.05) is 41.7 Å². The Bertz CT molecular complexity index is 1020. The van der Waals surface area contributed by atoms with E-state index in [0.29, 0.717) is 12.2 Å². The molecule has 0 aliphatic carbocycles. The van der Waals surface area contributed by atoms with Crippen LogP contribution in [0.15, 0.2) is 68.2 Å². The first-order valence-corrected chi connectivity index (χ1v) is 11.4. The molecule has 4 rings (SSSR count). The van der Waals surface area contributed by atoms with Gasteiger partial charge >= 0.3 is 12.1 Å². The van der Waals surface area contributed by atoms with Crippen molar-refractivity contribution < 1.29 is 22.7 Å². The quantitative estimate of drug-likeness (QED) is 0.622. The number of ether oxygens (including phenoxy) is 1. The molecule has 1 unspecified atom stereocenters. The van der Waals surface area contributed by atoms with Crippen LogP contribution in [0.1, 0.15) is 17.5 Å². The van der Waals surface area contributed by atoms with Gasteiger partial charge in [0.25, 0.3) is 0 Å². The lowest BCUT2D eigenvalue weighted by Gasteiger charge is -2.17. The number of nitrogens with zero attached hydrogens (tertiary/aromatic N) is 1. The molecule has 0 saturated heterocycles. The zero-order valence-electron chi connectivity index (χ0n) is 16.3. The standard InChI is InChI=1S/C22H19F3N2O2S2/c23-22(24,25)21(28)27-13-14-4-6-15(7-5-14)30-18-9-8-17-16(10-12-29-17)20(18)31-19-3-1-2-11-26-19/h1-2,4-9,11,19H,3,10,12-13H2,(H,27,28). The summed E-state index contributed by atoms with van der Waals surface area (Å²) in [4.78, 5) is 18.7. The molecule has 0 saturated carbocycles. The predicted molar refractivity (Wildman–Crippen MR) is 116 cm³/mol. The van der Waals surface area contributed by atoms with E-state index in [0.717, 1.165) is 28.4 Å². The second-order valence-electron chi connectivity index (χ2n) is 6.93. The van der Waals surface area contributed by atoms with E-state index < -0.39 is 12.1 Å². The van der Waals surface area contributed by atoms with Crippen LogP contribution in [0.3, 0.4) is 0 Å². The Morgan fingerprint density at radius 3 is 2.71 bits per heavy atom. The molecule has 0 fully saturated rings.